The summed E-state index contributed by atoms with van der Waals surface area (Å²) >= 11 is 0. The smallest absolute Gasteiger partial charge is 0.305 e. The van der Waals surface area contributed by atoms with Crippen molar-refractivity contribution in [1.29, 1.82) is 0 Å². The van der Waals surface area contributed by atoms with Gasteiger partial charge in [0.15, 0.2) is 0 Å². The van der Waals surface area contributed by atoms with Crippen LogP contribution in [0.15, 0.2) is 12.1 Å². The molecule has 0 saturated carbocycles. The second kappa shape index (κ2) is 3.34. The fourth-order valence-corrected chi connectivity index (χ4v) is 1.63. The maximum Gasteiger partial charge on any atom is 0.305 e. The summed E-state index contributed by atoms with van der Waals surface area (Å²) in [5.41, 5.74) is 1.25. The van der Waals surface area contributed by atoms with E-state index in [9.17, 15) is 14.5 Å². The van der Waals surface area contributed by atoms with Crippen LogP contribution in [0.5, 0.6) is 0 Å². The SMILES string of the molecule is O=[N+]([O-])c1cc2c(cc1F)CCNC2. The maximum atomic E-state index is 13.2. The molecule has 0 saturated heterocycles. The van der Waals surface area contributed by atoms with E-state index < -0.39 is 16.4 Å². The molecule has 1 aliphatic rings. The van der Waals surface area contributed by atoms with Crippen LogP contribution >= 0.6 is 0 Å². The normalized spacial score (nSPS) is 14.9. The van der Waals surface area contributed by atoms with E-state index in [1.807, 2.05) is 0 Å². The molecular weight excluding hydrogens is 187 g/mol. The van der Waals surface area contributed by atoms with Crippen LogP contribution in [0.4, 0.5) is 10.1 Å². The monoisotopic (exact) mass is 196 g/mol. The molecule has 1 aromatic carbocycles. The third-order valence-electron chi connectivity index (χ3n) is 2.35. The van der Waals surface area contributed by atoms with Crippen molar-refractivity contribution in [2.45, 2.75) is 13.0 Å². The molecule has 0 unspecified atom stereocenters. The molecule has 2 rings (SSSR count). The lowest BCUT2D eigenvalue weighted by molar-refractivity contribution is -0.387. The Hall–Kier alpha value is -1.49. The molecule has 0 spiro atoms. The lowest BCUT2D eigenvalue weighted by Crippen LogP contribution is -2.23. The van der Waals surface area contributed by atoms with Crippen LogP contribution in [0.3, 0.4) is 0 Å². The van der Waals surface area contributed by atoms with Crippen LogP contribution in [0.25, 0.3) is 0 Å². The van der Waals surface area contributed by atoms with Gasteiger partial charge in [-0.15, -0.1) is 0 Å². The number of benzene rings is 1. The number of hydrogen-bond donors (Lipinski definition) is 1. The molecule has 1 aromatic rings. The minimum atomic E-state index is -0.740. The zero-order chi connectivity index (χ0) is 10.1. The predicted octanol–water partition coefficient (Wildman–Crippen LogP) is 1.38. The molecule has 0 fully saturated rings. The van der Waals surface area contributed by atoms with Crippen molar-refractivity contribution >= 4 is 5.69 Å². The first-order valence-electron chi connectivity index (χ1n) is 4.35. The highest BCUT2D eigenvalue weighted by Gasteiger charge is 2.19. The van der Waals surface area contributed by atoms with Crippen molar-refractivity contribution in [1.82, 2.24) is 5.32 Å². The van der Waals surface area contributed by atoms with E-state index in [1.165, 1.54) is 12.1 Å². The van der Waals surface area contributed by atoms with Gasteiger partial charge in [-0.3, -0.25) is 10.1 Å². The molecule has 1 heterocycles. The standard InChI is InChI=1S/C9H9FN2O2/c10-8-3-6-1-2-11-5-7(6)4-9(8)12(13)14/h3-4,11H,1-2,5H2. The Morgan fingerprint density at radius 1 is 1.43 bits per heavy atom. The fraction of sp³-hybridized carbons (Fsp3) is 0.333. The molecule has 0 aromatic heterocycles. The van der Waals surface area contributed by atoms with Crippen LogP contribution in [-0.2, 0) is 13.0 Å². The summed E-state index contributed by atoms with van der Waals surface area (Å²) in [7, 11) is 0. The van der Waals surface area contributed by atoms with Gasteiger partial charge >= 0.3 is 5.69 Å². The van der Waals surface area contributed by atoms with Crippen molar-refractivity contribution in [3.63, 3.8) is 0 Å². The first-order chi connectivity index (χ1) is 6.68. The highest BCUT2D eigenvalue weighted by Crippen LogP contribution is 2.24. The Morgan fingerprint density at radius 2 is 2.21 bits per heavy atom. The molecule has 4 nitrogen and oxygen atoms in total. The molecule has 14 heavy (non-hydrogen) atoms. The van der Waals surface area contributed by atoms with Gasteiger partial charge in [0, 0.05) is 12.6 Å². The number of halogens is 1. The van der Waals surface area contributed by atoms with E-state index in [1.54, 1.807) is 0 Å². The highest BCUT2D eigenvalue weighted by molar-refractivity contribution is 5.42. The second-order valence-corrected chi connectivity index (χ2v) is 3.26. The van der Waals surface area contributed by atoms with Gasteiger partial charge in [-0.2, -0.15) is 4.39 Å². The summed E-state index contributed by atoms with van der Waals surface area (Å²) in [5.74, 6) is -0.740. The van der Waals surface area contributed by atoms with Crippen molar-refractivity contribution in [3.05, 3.63) is 39.2 Å². The van der Waals surface area contributed by atoms with E-state index >= 15 is 0 Å². The fourth-order valence-electron chi connectivity index (χ4n) is 1.63. The molecule has 1 N–H and O–H groups in total. The van der Waals surface area contributed by atoms with E-state index in [4.69, 9.17) is 0 Å². The van der Waals surface area contributed by atoms with Crippen LogP contribution < -0.4 is 5.32 Å². The minimum absolute atomic E-state index is 0.438. The zero-order valence-corrected chi connectivity index (χ0v) is 7.42. The number of nitrogens with one attached hydrogen (secondary N) is 1. The Bertz CT molecular complexity index is 393. The van der Waals surface area contributed by atoms with Gasteiger partial charge in [0.25, 0.3) is 0 Å². The van der Waals surface area contributed by atoms with Gasteiger partial charge in [-0.1, -0.05) is 0 Å². The third kappa shape index (κ3) is 1.46. The molecule has 0 atom stereocenters. The quantitative estimate of drug-likeness (QED) is 0.545. The van der Waals surface area contributed by atoms with Crippen LogP contribution in [0.1, 0.15) is 11.1 Å². The number of nitro benzene ring substituents is 1. The molecule has 0 amide bonds. The summed E-state index contributed by atoms with van der Waals surface area (Å²) in [4.78, 5) is 9.76. The minimum Gasteiger partial charge on any atom is -0.312 e. The first kappa shape index (κ1) is 9.08. The zero-order valence-electron chi connectivity index (χ0n) is 7.42. The van der Waals surface area contributed by atoms with E-state index in [-0.39, 0.29) is 0 Å². The largest absolute Gasteiger partial charge is 0.312 e. The third-order valence-corrected chi connectivity index (χ3v) is 2.35. The van der Waals surface area contributed by atoms with E-state index in [0.717, 1.165) is 24.1 Å². The highest BCUT2D eigenvalue weighted by atomic mass is 19.1. The number of nitrogens with zero attached hydrogens (tertiary/aromatic N) is 1. The Kier molecular flexibility index (Phi) is 2.17. The molecule has 5 heteroatoms. The Balaban J connectivity index is 2.50. The second-order valence-electron chi connectivity index (χ2n) is 3.26. The van der Waals surface area contributed by atoms with Gasteiger partial charge in [0.05, 0.1) is 4.92 Å². The molecule has 1 aliphatic heterocycles. The molecule has 0 bridgehead atoms. The predicted molar refractivity (Wildman–Crippen MR) is 48.5 cm³/mol. The number of nitro groups is 1. The number of fused-ring (bicyclic) bond motifs is 1. The van der Waals surface area contributed by atoms with Crippen LogP contribution in [0.2, 0.25) is 0 Å². The van der Waals surface area contributed by atoms with Crippen molar-refractivity contribution in [2.24, 2.45) is 0 Å². The number of rotatable bonds is 1. The lowest BCUT2D eigenvalue weighted by Gasteiger charge is -2.16. The lowest BCUT2D eigenvalue weighted by atomic mass is 10.0. The van der Waals surface area contributed by atoms with Gasteiger partial charge in [-0.05, 0) is 30.2 Å². The van der Waals surface area contributed by atoms with Crippen LogP contribution in [0, 0.1) is 15.9 Å². The summed E-state index contributed by atoms with van der Waals surface area (Å²) in [5, 5.41) is 13.5. The van der Waals surface area contributed by atoms with Crippen molar-refractivity contribution in [2.75, 3.05) is 6.54 Å². The molecular formula is C9H9FN2O2. The van der Waals surface area contributed by atoms with Gasteiger partial charge < -0.3 is 5.32 Å². The number of hydrogen-bond acceptors (Lipinski definition) is 3. The van der Waals surface area contributed by atoms with E-state index in [0.29, 0.717) is 6.54 Å². The molecule has 0 radical (unpaired) electrons. The summed E-state index contributed by atoms with van der Waals surface area (Å²) < 4.78 is 13.2. The van der Waals surface area contributed by atoms with Gasteiger partial charge in [-0.25, -0.2) is 0 Å². The Morgan fingerprint density at radius 3 is 2.93 bits per heavy atom. The van der Waals surface area contributed by atoms with Gasteiger partial charge in [0.1, 0.15) is 0 Å². The van der Waals surface area contributed by atoms with Gasteiger partial charge in [0.2, 0.25) is 5.82 Å². The first-order valence-corrected chi connectivity index (χ1v) is 4.35. The summed E-state index contributed by atoms with van der Waals surface area (Å²) in [6, 6.07) is 2.59. The average Bonchev–Trinajstić information content (AvgIpc) is 2.16. The summed E-state index contributed by atoms with van der Waals surface area (Å²) in [6.07, 6.45) is 0.726. The topological polar surface area (TPSA) is 55.2 Å². The van der Waals surface area contributed by atoms with Crippen molar-refractivity contribution < 1.29 is 9.31 Å². The molecule has 0 aliphatic carbocycles. The van der Waals surface area contributed by atoms with Crippen LogP contribution in [-0.4, -0.2) is 11.5 Å². The molecule has 74 valence electrons. The van der Waals surface area contributed by atoms with E-state index in [2.05, 4.69) is 5.32 Å². The summed E-state index contributed by atoms with van der Waals surface area (Å²) in [6.45, 7) is 1.38. The van der Waals surface area contributed by atoms with Crippen molar-refractivity contribution in [3.8, 4) is 0 Å². The average molecular weight is 196 g/mol. The Labute approximate surface area is 79.9 Å². The maximum absolute atomic E-state index is 13.2.